The van der Waals surface area contributed by atoms with E-state index in [2.05, 4.69) is 10.1 Å². The van der Waals surface area contributed by atoms with Crippen molar-refractivity contribution in [2.45, 2.75) is 18.9 Å². The van der Waals surface area contributed by atoms with E-state index in [4.69, 9.17) is 9.26 Å². The first-order valence-corrected chi connectivity index (χ1v) is 9.02. The molecule has 0 N–H and O–H groups in total. The van der Waals surface area contributed by atoms with Crippen LogP contribution in [0.4, 0.5) is 0 Å². The molecule has 1 saturated heterocycles. The summed E-state index contributed by atoms with van der Waals surface area (Å²) < 4.78 is 10.6. The zero-order chi connectivity index (χ0) is 17.2. The second kappa shape index (κ2) is 6.68. The summed E-state index contributed by atoms with van der Waals surface area (Å²) in [6.07, 6.45) is 1.76. The molecule has 128 valence electrons. The standard InChI is InChI=1S/C18H17N3O3S/c1-23-14-6-4-12(5-7-14)16-19-17(24-20-16)15-3-2-9-21(15)18(22)13-8-10-25-11-13/h4-8,10-11,15H,2-3,9H2,1H3/t15-/m1/s1. The molecular weight excluding hydrogens is 338 g/mol. The molecule has 4 rings (SSSR count). The third kappa shape index (κ3) is 3.02. The third-order valence-corrected chi connectivity index (χ3v) is 5.04. The molecule has 2 aromatic heterocycles. The summed E-state index contributed by atoms with van der Waals surface area (Å²) in [5.74, 6) is 1.81. The number of aromatic nitrogens is 2. The molecule has 7 heteroatoms. The number of hydrogen-bond donors (Lipinski definition) is 0. The lowest BCUT2D eigenvalue weighted by Gasteiger charge is -2.21. The number of carbonyl (C=O) groups is 1. The molecule has 3 aromatic rings. The Morgan fingerprint density at radius 3 is 2.88 bits per heavy atom. The smallest absolute Gasteiger partial charge is 0.255 e. The van der Waals surface area contributed by atoms with Gasteiger partial charge < -0.3 is 14.2 Å². The molecule has 0 bridgehead atoms. The van der Waals surface area contributed by atoms with E-state index in [0.717, 1.165) is 24.2 Å². The van der Waals surface area contributed by atoms with Crippen molar-refractivity contribution in [1.82, 2.24) is 15.0 Å². The Hall–Kier alpha value is -2.67. The van der Waals surface area contributed by atoms with E-state index in [-0.39, 0.29) is 11.9 Å². The molecule has 0 aliphatic carbocycles. The highest BCUT2D eigenvalue weighted by atomic mass is 32.1. The molecule has 1 aliphatic heterocycles. The molecule has 3 heterocycles. The van der Waals surface area contributed by atoms with Crippen LogP contribution in [0.1, 0.15) is 35.1 Å². The van der Waals surface area contributed by atoms with Gasteiger partial charge in [0, 0.05) is 17.5 Å². The predicted molar refractivity (Wildman–Crippen MR) is 93.6 cm³/mol. The van der Waals surface area contributed by atoms with Crippen LogP contribution in [0.15, 0.2) is 45.6 Å². The Morgan fingerprint density at radius 2 is 2.16 bits per heavy atom. The van der Waals surface area contributed by atoms with E-state index in [1.54, 1.807) is 7.11 Å². The first kappa shape index (κ1) is 15.8. The molecule has 1 fully saturated rings. The third-order valence-electron chi connectivity index (χ3n) is 4.36. The summed E-state index contributed by atoms with van der Waals surface area (Å²) in [5, 5.41) is 7.86. The monoisotopic (exact) mass is 355 g/mol. The maximum Gasteiger partial charge on any atom is 0.255 e. The summed E-state index contributed by atoms with van der Waals surface area (Å²) in [6.45, 7) is 0.708. The topological polar surface area (TPSA) is 68.5 Å². The quantitative estimate of drug-likeness (QED) is 0.712. The minimum absolute atomic E-state index is 0.0212. The first-order valence-electron chi connectivity index (χ1n) is 8.07. The van der Waals surface area contributed by atoms with E-state index < -0.39 is 0 Å². The molecule has 6 nitrogen and oxygen atoms in total. The van der Waals surface area contributed by atoms with Crippen LogP contribution in [-0.2, 0) is 0 Å². The highest BCUT2D eigenvalue weighted by Crippen LogP contribution is 2.33. The van der Waals surface area contributed by atoms with Crippen LogP contribution in [0.2, 0.25) is 0 Å². The van der Waals surface area contributed by atoms with Gasteiger partial charge in [-0.05, 0) is 48.6 Å². The zero-order valence-corrected chi connectivity index (χ0v) is 14.5. The fourth-order valence-electron chi connectivity index (χ4n) is 3.05. The normalized spacial score (nSPS) is 17.0. The van der Waals surface area contributed by atoms with Crippen molar-refractivity contribution in [1.29, 1.82) is 0 Å². The number of hydrogen-bond acceptors (Lipinski definition) is 6. The van der Waals surface area contributed by atoms with Gasteiger partial charge in [-0.15, -0.1) is 0 Å². The zero-order valence-electron chi connectivity index (χ0n) is 13.7. The second-order valence-corrected chi connectivity index (χ2v) is 6.63. The highest BCUT2D eigenvalue weighted by molar-refractivity contribution is 7.08. The SMILES string of the molecule is COc1ccc(-c2noc([C@H]3CCCN3C(=O)c3ccsc3)n2)cc1. The van der Waals surface area contributed by atoms with Gasteiger partial charge >= 0.3 is 0 Å². The van der Waals surface area contributed by atoms with Gasteiger partial charge in [0.25, 0.3) is 5.91 Å². The number of ether oxygens (including phenoxy) is 1. The van der Waals surface area contributed by atoms with Gasteiger partial charge in [-0.3, -0.25) is 4.79 Å². The molecule has 1 aliphatic rings. The predicted octanol–water partition coefficient (Wildman–Crippen LogP) is 3.78. The average molecular weight is 355 g/mol. The van der Waals surface area contributed by atoms with Gasteiger partial charge in [0.1, 0.15) is 11.8 Å². The lowest BCUT2D eigenvalue weighted by atomic mass is 10.2. The van der Waals surface area contributed by atoms with E-state index >= 15 is 0 Å². The van der Waals surface area contributed by atoms with Crippen LogP contribution >= 0.6 is 11.3 Å². The van der Waals surface area contributed by atoms with Crippen molar-refractivity contribution < 1.29 is 14.1 Å². The highest BCUT2D eigenvalue weighted by Gasteiger charge is 2.34. The fraction of sp³-hybridized carbons (Fsp3) is 0.278. The molecule has 1 amide bonds. The number of nitrogens with zero attached hydrogens (tertiary/aromatic N) is 3. The molecule has 0 unspecified atom stereocenters. The van der Waals surface area contributed by atoms with Crippen LogP contribution < -0.4 is 4.74 Å². The molecule has 1 aromatic carbocycles. The van der Waals surface area contributed by atoms with E-state index in [9.17, 15) is 4.79 Å². The van der Waals surface area contributed by atoms with Gasteiger partial charge in [0.2, 0.25) is 11.7 Å². The number of thiophene rings is 1. The number of amides is 1. The molecule has 0 radical (unpaired) electrons. The van der Waals surface area contributed by atoms with Crippen LogP contribution in [0.25, 0.3) is 11.4 Å². The van der Waals surface area contributed by atoms with E-state index in [0.29, 0.717) is 23.8 Å². The fourth-order valence-corrected chi connectivity index (χ4v) is 3.68. The number of likely N-dealkylation sites (tertiary alicyclic amines) is 1. The van der Waals surface area contributed by atoms with E-state index in [1.165, 1.54) is 11.3 Å². The van der Waals surface area contributed by atoms with Crippen molar-refractivity contribution in [2.75, 3.05) is 13.7 Å². The van der Waals surface area contributed by atoms with Crippen LogP contribution in [0, 0.1) is 0 Å². The Bertz CT molecular complexity index is 858. The lowest BCUT2D eigenvalue weighted by molar-refractivity contribution is 0.0710. The maximum absolute atomic E-state index is 12.7. The summed E-state index contributed by atoms with van der Waals surface area (Å²) in [7, 11) is 1.63. The van der Waals surface area contributed by atoms with Crippen molar-refractivity contribution in [3.05, 3.63) is 52.5 Å². The Morgan fingerprint density at radius 1 is 1.32 bits per heavy atom. The minimum atomic E-state index is -0.160. The number of rotatable bonds is 4. The van der Waals surface area contributed by atoms with Gasteiger partial charge in [0.15, 0.2) is 0 Å². The van der Waals surface area contributed by atoms with Crippen LogP contribution in [0.3, 0.4) is 0 Å². The maximum atomic E-state index is 12.7. The molecule has 0 spiro atoms. The summed E-state index contributed by atoms with van der Waals surface area (Å²) in [6, 6.07) is 9.17. The summed E-state index contributed by atoms with van der Waals surface area (Å²) in [4.78, 5) is 19.0. The number of methoxy groups -OCH3 is 1. The average Bonchev–Trinajstić information content (AvgIpc) is 3.42. The van der Waals surface area contributed by atoms with Crippen LogP contribution in [-0.4, -0.2) is 34.6 Å². The largest absolute Gasteiger partial charge is 0.497 e. The second-order valence-electron chi connectivity index (χ2n) is 5.85. The molecule has 1 atom stereocenters. The number of carbonyl (C=O) groups excluding carboxylic acids is 1. The Kier molecular flexibility index (Phi) is 4.23. The van der Waals surface area contributed by atoms with Crippen LogP contribution in [0.5, 0.6) is 5.75 Å². The minimum Gasteiger partial charge on any atom is -0.497 e. The van der Waals surface area contributed by atoms with Crippen molar-refractivity contribution in [3.63, 3.8) is 0 Å². The lowest BCUT2D eigenvalue weighted by Crippen LogP contribution is -2.30. The Labute approximate surface area is 149 Å². The van der Waals surface area contributed by atoms with Gasteiger partial charge in [0.05, 0.1) is 12.7 Å². The summed E-state index contributed by atoms with van der Waals surface area (Å²) in [5.41, 5.74) is 1.57. The van der Waals surface area contributed by atoms with Crippen molar-refractivity contribution in [3.8, 4) is 17.1 Å². The number of benzene rings is 1. The molecule has 25 heavy (non-hydrogen) atoms. The van der Waals surface area contributed by atoms with Gasteiger partial charge in [-0.1, -0.05) is 5.16 Å². The molecular formula is C18H17N3O3S. The van der Waals surface area contributed by atoms with E-state index in [1.807, 2.05) is 46.0 Å². The van der Waals surface area contributed by atoms with Crippen molar-refractivity contribution >= 4 is 17.2 Å². The van der Waals surface area contributed by atoms with Gasteiger partial charge in [-0.2, -0.15) is 16.3 Å². The first-order chi connectivity index (χ1) is 12.3. The van der Waals surface area contributed by atoms with Crippen molar-refractivity contribution in [2.24, 2.45) is 0 Å². The van der Waals surface area contributed by atoms with Gasteiger partial charge in [-0.25, -0.2) is 0 Å². The summed E-state index contributed by atoms with van der Waals surface area (Å²) >= 11 is 1.52. The Balaban J connectivity index is 1.57. The molecule has 0 saturated carbocycles.